The van der Waals surface area contributed by atoms with Gasteiger partial charge in [0.05, 0.1) is 5.60 Å². The maximum absolute atomic E-state index is 11.7. The van der Waals surface area contributed by atoms with Gasteiger partial charge in [-0.2, -0.15) is 0 Å². The maximum atomic E-state index is 11.7. The molecule has 1 N–H and O–H groups in total. The molecule has 1 amide bonds. The first-order valence-electron chi connectivity index (χ1n) is 6.05. The van der Waals surface area contributed by atoms with Crippen LogP contribution in [0.1, 0.15) is 48.0 Å². The lowest BCUT2D eigenvalue weighted by Gasteiger charge is -2.31. The summed E-state index contributed by atoms with van der Waals surface area (Å²) in [7, 11) is 0. The van der Waals surface area contributed by atoms with E-state index in [9.17, 15) is 4.79 Å². The Hall–Kier alpha value is -0.280. The number of amides is 1. The monoisotopic (exact) mass is 263 g/mol. The zero-order valence-corrected chi connectivity index (χ0v) is 12.6. The van der Waals surface area contributed by atoms with Crippen molar-refractivity contribution in [2.45, 2.75) is 59.6 Å². The van der Waals surface area contributed by atoms with Gasteiger partial charge in [-0.25, -0.2) is 0 Å². The van der Waals surface area contributed by atoms with Crippen molar-refractivity contribution >= 4 is 17.5 Å². The molecule has 0 aliphatic heterocycles. The fourth-order valence-corrected chi connectivity index (χ4v) is 1.57. The second-order valence-electron chi connectivity index (χ2n) is 6.36. The standard InChI is InChI=1S/C13H26ClNO2/c1-12(2,3)10(7-8-14)15-11(16)9-17-13(4,5)6/h10H,7-9H2,1-6H3,(H,15,16). The van der Waals surface area contributed by atoms with E-state index in [1.54, 1.807) is 0 Å². The summed E-state index contributed by atoms with van der Waals surface area (Å²) < 4.78 is 5.44. The average molecular weight is 264 g/mol. The summed E-state index contributed by atoms with van der Waals surface area (Å²) in [6.07, 6.45) is 0.770. The van der Waals surface area contributed by atoms with Crippen molar-refractivity contribution in [3.8, 4) is 0 Å². The quantitative estimate of drug-likeness (QED) is 0.775. The molecule has 102 valence electrons. The van der Waals surface area contributed by atoms with Gasteiger partial charge in [-0.3, -0.25) is 4.79 Å². The molecule has 0 aromatic carbocycles. The van der Waals surface area contributed by atoms with E-state index in [4.69, 9.17) is 16.3 Å². The summed E-state index contributed by atoms with van der Waals surface area (Å²) in [6, 6.07) is 0.0797. The molecule has 0 bridgehead atoms. The number of carbonyl (C=O) groups is 1. The predicted octanol–water partition coefficient (Wildman–Crippen LogP) is 2.96. The fourth-order valence-electron chi connectivity index (χ4n) is 1.35. The molecule has 0 radical (unpaired) electrons. The van der Waals surface area contributed by atoms with E-state index in [1.807, 2.05) is 20.8 Å². The molecule has 0 fully saturated rings. The van der Waals surface area contributed by atoms with Crippen molar-refractivity contribution in [1.29, 1.82) is 0 Å². The highest BCUT2D eigenvalue weighted by Gasteiger charge is 2.26. The van der Waals surface area contributed by atoms with Gasteiger partial charge in [0.15, 0.2) is 0 Å². The number of nitrogens with one attached hydrogen (secondary N) is 1. The summed E-state index contributed by atoms with van der Waals surface area (Å²) in [5.74, 6) is 0.465. The van der Waals surface area contributed by atoms with Gasteiger partial charge in [-0.05, 0) is 32.6 Å². The van der Waals surface area contributed by atoms with E-state index in [0.29, 0.717) is 5.88 Å². The van der Waals surface area contributed by atoms with Gasteiger partial charge >= 0.3 is 0 Å². The number of alkyl halides is 1. The Kier molecular flexibility index (Phi) is 6.49. The van der Waals surface area contributed by atoms with E-state index in [2.05, 4.69) is 26.1 Å². The van der Waals surface area contributed by atoms with E-state index < -0.39 is 0 Å². The first-order chi connectivity index (χ1) is 7.56. The Morgan fingerprint density at radius 3 is 2.12 bits per heavy atom. The summed E-state index contributed by atoms with van der Waals surface area (Å²) in [6.45, 7) is 12.2. The fraction of sp³-hybridized carbons (Fsp3) is 0.923. The van der Waals surface area contributed by atoms with Crippen LogP contribution >= 0.6 is 11.6 Å². The van der Waals surface area contributed by atoms with Gasteiger partial charge in [0, 0.05) is 11.9 Å². The van der Waals surface area contributed by atoms with Crippen molar-refractivity contribution in [1.82, 2.24) is 5.32 Å². The summed E-state index contributed by atoms with van der Waals surface area (Å²) in [5, 5.41) is 2.98. The van der Waals surface area contributed by atoms with Gasteiger partial charge in [0.25, 0.3) is 0 Å². The van der Waals surface area contributed by atoms with Crippen LogP contribution < -0.4 is 5.32 Å². The van der Waals surface area contributed by atoms with Crippen LogP contribution in [0.2, 0.25) is 0 Å². The molecule has 0 aliphatic carbocycles. The molecule has 4 heteroatoms. The largest absolute Gasteiger partial charge is 0.366 e. The van der Waals surface area contributed by atoms with Crippen LogP contribution in [0, 0.1) is 5.41 Å². The second kappa shape index (κ2) is 6.60. The predicted molar refractivity (Wildman–Crippen MR) is 72.4 cm³/mol. The lowest BCUT2D eigenvalue weighted by Crippen LogP contribution is -2.46. The van der Waals surface area contributed by atoms with Gasteiger partial charge in [-0.1, -0.05) is 20.8 Å². The van der Waals surface area contributed by atoms with Crippen molar-refractivity contribution in [3.05, 3.63) is 0 Å². The molecule has 0 aliphatic rings. The molecule has 17 heavy (non-hydrogen) atoms. The maximum Gasteiger partial charge on any atom is 0.246 e. The number of rotatable bonds is 5. The number of hydrogen-bond acceptors (Lipinski definition) is 2. The number of halogens is 1. The minimum Gasteiger partial charge on any atom is -0.366 e. The zero-order chi connectivity index (χ0) is 13.7. The molecule has 1 atom stereocenters. The second-order valence-corrected chi connectivity index (χ2v) is 6.74. The van der Waals surface area contributed by atoms with Gasteiger partial charge in [0.2, 0.25) is 5.91 Å². The summed E-state index contributed by atoms with van der Waals surface area (Å²) in [5.41, 5.74) is -0.284. The van der Waals surface area contributed by atoms with E-state index in [1.165, 1.54) is 0 Å². The van der Waals surface area contributed by atoms with Crippen LogP contribution in [0.4, 0.5) is 0 Å². The third-order valence-electron chi connectivity index (χ3n) is 2.41. The zero-order valence-electron chi connectivity index (χ0n) is 11.9. The molecule has 0 aromatic rings. The normalized spacial score (nSPS) is 14.5. The SMILES string of the molecule is CC(C)(C)OCC(=O)NC(CCCl)C(C)(C)C. The van der Waals surface area contributed by atoms with Crippen LogP contribution in [-0.2, 0) is 9.53 Å². The third kappa shape index (κ3) is 8.44. The van der Waals surface area contributed by atoms with Crippen LogP contribution in [0.5, 0.6) is 0 Å². The van der Waals surface area contributed by atoms with Gasteiger partial charge < -0.3 is 10.1 Å². The van der Waals surface area contributed by atoms with E-state index in [-0.39, 0.29) is 29.6 Å². The van der Waals surface area contributed by atoms with Gasteiger partial charge in [-0.15, -0.1) is 11.6 Å². The third-order valence-corrected chi connectivity index (χ3v) is 2.63. The minimum absolute atomic E-state index is 0.00623. The molecule has 0 aromatic heterocycles. The Labute approximate surface area is 110 Å². The highest BCUT2D eigenvalue weighted by atomic mass is 35.5. The van der Waals surface area contributed by atoms with E-state index in [0.717, 1.165) is 6.42 Å². The van der Waals surface area contributed by atoms with Crippen LogP contribution in [0.15, 0.2) is 0 Å². The number of hydrogen-bond donors (Lipinski definition) is 1. The van der Waals surface area contributed by atoms with Crippen molar-refractivity contribution in [2.75, 3.05) is 12.5 Å². The summed E-state index contributed by atoms with van der Waals surface area (Å²) in [4.78, 5) is 11.7. The van der Waals surface area contributed by atoms with Crippen molar-refractivity contribution < 1.29 is 9.53 Å². The molecular weight excluding hydrogens is 238 g/mol. The highest BCUT2D eigenvalue weighted by Crippen LogP contribution is 2.22. The Balaban J connectivity index is 4.23. The molecule has 0 saturated heterocycles. The van der Waals surface area contributed by atoms with Gasteiger partial charge in [0.1, 0.15) is 6.61 Å². The van der Waals surface area contributed by atoms with Crippen LogP contribution in [0.3, 0.4) is 0 Å². The molecule has 0 spiro atoms. The molecule has 1 unspecified atom stereocenters. The number of ether oxygens (including phenoxy) is 1. The van der Waals surface area contributed by atoms with Crippen molar-refractivity contribution in [2.24, 2.45) is 5.41 Å². The molecule has 0 heterocycles. The van der Waals surface area contributed by atoms with Crippen LogP contribution in [0.25, 0.3) is 0 Å². The van der Waals surface area contributed by atoms with Crippen molar-refractivity contribution in [3.63, 3.8) is 0 Å². The molecule has 0 rings (SSSR count). The number of carbonyl (C=O) groups excluding carboxylic acids is 1. The Bertz CT molecular complexity index is 241. The van der Waals surface area contributed by atoms with E-state index >= 15 is 0 Å². The van der Waals surface area contributed by atoms with Crippen LogP contribution in [-0.4, -0.2) is 30.0 Å². The lowest BCUT2D eigenvalue weighted by atomic mass is 9.85. The lowest BCUT2D eigenvalue weighted by molar-refractivity contribution is -0.132. The average Bonchev–Trinajstić information content (AvgIpc) is 2.11. The highest BCUT2D eigenvalue weighted by molar-refractivity contribution is 6.17. The Morgan fingerprint density at radius 2 is 1.76 bits per heavy atom. The smallest absolute Gasteiger partial charge is 0.246 e. The topological polar surface area (TPSA) is 38.3 Å². The molecule has 0 saturated carbocycles. The first-order valence-corrected chi connectivity index (χ1v) is 6.59. The minimum atomic E-state index is -0.291. The first kappa shape index (κ1) is 16.7. The Morgan fingerprint density at radius 1 is 1.24 bits per heavy atom. The summed E-state index contributed by atoms with van der Waals surface area (Å²) >= 11 is 5.75. The molecule has 3 nitrogen and oxygen atoms in total. The molecular formula is C13H26ClNO2.